The molecule has 200 valence electrons. The molecule has 0 heterocycles. The molecule has 0 aliphatic carbocycles. The van der Waals surface area contributed by atoms with Gasteiger partial charge in [0, 0.05) is 12.1 Å². The van der Waals surface area contributed by atoms with Crippen LogP contribution < -0.4 is 5.32 Å². The highest BCUT2D eigenvalue weighted by Crippen LogP contribution is 2.32. The molecule has 0 saturated heterocycles. The molecule has 4 aromatic carbocycles. The maximum atomic E-state index is 12.5. The predicted molar refractivity (Wildman–Crippen MR) is 167 cm³/mol. The second-order valence-electron chi connectivity index (χ2n) is 10.8. The van der Waals surface area contributed by atoms with Gasteiger partial charge in [0.2, 0.25) is 5.91 Å². The number of carbonyl (C=O) groups excluding carboxylic acids is 1. The fraction of sp³-hybridized carbons (Fsp3) is 0.417. The molecule has 2 heteroatoms. The van der Waals surface area contributed by atoms with Crippen molar-refractivity contribution in [2.24, 2.45) is 0 Å². The summed E-state index contributed by atoms with van der Waals surface area (Å²) in [7, 11) is 0. The Hall–Kier alpha value is -3.13. The van der Waals surface area contributed by atoms with Crippen molar-refractivity contribution in [1.29, 1.82) is 0 Å². The molecule has 4 aromatic rings. The number of nitrogens with one attached hydrogen (secondary N) is 1. The summed E-state index contributed by atoms with van der Waals surface area (Å²) in [6.07, 6.45) is 21.9. The van der Waals surface area contributed by atoms with Gasteiger partial charge in [0.1, 0.15) is 0 Å². The molecule has 0 bridgehead atoms. The van der Waals surface area contributed by atoms with E-state index in [-0.39, 0.29) is 5.91 Å². The summed E-state index contributed by atoms with van der Waals surface area (Å²) in [4.78, 5) is 12.5. The van der Waals surface area contributed by atoms with Gasteiger partial charge in [-0.1, -0.05) is 125 Å². The standard InChI is InChI=1S/C36H45NO/c1-2-3-4-5-6-7-8-9-10-11-12-13-14-15-16-21-36(38)37-31-24-27-33-30(28-31)23-26-34-32-20-18-17-19-29(32)22-25-35(33)34/h9-10,17-20,22-28H,2-8,11-16,21H2,1H3,(H,37,38). The Morgan fingerprint density at radius 3 is 1.92 bits per heavy atom. The molecule has 1 amide bonds. The van der Waals surface area contributed by atoms with E-state index in [1.165, 1.54) is 97.6 Å². The topological polar surface area (TPSA) is 29.1 Å². The molecule has 0 radical (unpaired) electrons. The van der Waals surface area contributed by atoms with Crippen molar-refractivity contribution in [3.63, 3.8) is 0 Å². The molecule has 0 saturated carbocycles. The van der Waals surface area contributed by atoms with Crippen molar-refractivity contribution >= 4 is 43.9 Å². The highest BCUT2D eigenvalue weighted by molar-refractivity contribution is 6.17. The fourth-order valence-corrected chi connectivity index (χ4v) is 5.49. The molecule has 0 unspecified atom stereocenters. The van der Waals surface area contributed by atoms with E-state index in [9.17, 15) is 4.79 Å². The van der Waals surface area contributed by atoms with Crippen LogP contribution in [0.25, 0.3) is 32.3 Å². The Kier molecular flexibility index (Phi) is 11.2. The van der Waals surface area contributed by atoms with E-state index in [2.05, 4.69) is 85.1 Å². The number of anilines is 1. The molecule has 0 spiro atoms. The van der Waals surface area contributed by atoms with Gasteiger partial charge < -0.3 is 5.32 Å². The number of benzene rings is 4. The Bertz CT molecular complexity index is 1340. The van der Waals surface area contributed by atoms with Crippen LogP contribution in [0.4, 0.5) is 5.69 Å². The zero-order valence-electron chi connectivity index (χ0n) is 23.3. The second-order valence-corrected chi connectivity index (χ2v) is 10.8. The van der Waals surface area contributed by atoms with E-state index in [0.29, 0.717) is 6.42 Å². The minimum Gasteiger partial charge on any atom is -0.326 e. The predicted octanol–water partition coefficient (Wildman–Crippen LogP) is 11.1. The number of rotatable bonds is 16. The average molecular weight is 508 g/mol. The summed E-state index contributed by atoms with van der Waals surface area (Å²) in [5.41, 5.74) is 0.885. The van der Waals surface area contributed by atoms with Gasteiger partial charge in [-0.2, -0.15) is 0 Å². The first-order chi connectivity index (χ1) is 18.8. The third-order valence-corrected chi connectivity index (χ3v) is 7.69. The summed E-state index contributed by atoms with van der Waals surface area (Å²) < 4.78 is 0. The van der Waals surface area contributed by atoms with E-state index in [4.69, 9.17) is 0 Å². The lowest BCUT2D eigenvalue weighted by Crippen LogP contribution is -2.10. The molecule has 2 nitrogen and oxygen atoms in total. The highest BCUT2D eigenvalue weighted by Gasteiger charge is 2.07. The SMILES string of the molecule is CCCCCCCCC=CCCCCCCCC(=O)Nc1ccc2c(ccc3c4ccccc4ccc23)c1. The summed E-state index contributed by atoms with van der Waals surface area (Å²) in [6, 6.07) is 23.6. The average Bonchev–Trinajstić information content (AvgIpc) is 2.94. The number of carbonyl (C=O) groups is 1. The van der Waals surface area contributed by atoms with Crippen molar-refractivity contribution in [1.82, 2.24) is 0 Å². The summed E-state index contributed by atoms with van der Waals surface area (Å²) in [6.45, 7) is 2.27. The zero-order valence-corrected chi connectivity index (χ0v) is 23.3. The Labute approximate surface area is 229 Å². The van der Waals surface area contributed by atoms with Crippen LogP contribution in [0.2, 0.25) is 0 Å². The number of allylic oxidation sites excluding steroid dienone is 2. The van der Waals surface area contributed by atoms with Gasteiger partial charge in [-0.15, -0.1) is 0 Å². The molecular formula is C36H45NO. The minimum absolute atomic E-state index is 0.119. The zero-order chi connectivity index (χ0) is 26.4. The third-order valence-electron chi connectivity index (χ3n) is 7.69. The van der Waals surface area contributed by atoms with E-state index in [1.54, 1.807) is 0 Å². The maximum absolute atomic E-state index is 12.5. The van der Waals surface area contributed by atoms with E-state index < -0.39 is 0 Å². The first-order valence-electron chi connectivity index (χ1n) is 15.1. The molecule has 0 aromatic heterocycles. The number of hydrogen-bond acceptors (Lipinski definition) is 1. The van der Waals surface area contributed by atoms with Crippen LogP contribution in [0.5, 0.6) is 0 Å². The van der Waals surface area contributed by atoms with Gasteiger partial charge >= 0.3 is 0 Å². The lowest BCUT2D eigenvalue weighted by Gasteiger charge is -2.10. The molecular weight excluding hydrogens is 462 g/mol. The van der Waals surface area contributed by atoms with Gasteiger partial charge in [-0.05, 0) is 76.6 Å². The lowest BCUT2D eigenvalue weighted by atomic mass is 9.97. The number of fused-ring (bicyclic) bond motifs is 5. The second kappa shape index (κ2) is 15.3. The molecule has 1 N–H and O–H groups in total. The van der Waals surface area contributed by atoms with Crippen molar-refractivity contribution in [3.8, 4) is 0 Å². The number of unbranched alkanes of at least 4 members (excludes halogenated alkanes) is 11. The van der Waals surface area contributed by atoms with Crippen LogP contribution in [0.1, 0.15) is 96.8 Å². The summed E-state index contributed by atoms with van der Waals surface area (Å²) in [5.74, 6) is 0.119. The van der Waals surface area contributed by atoms with Gasteiger partial charge in [0.05, 0.1) is 0 Å². The molecule has 38 heavy (non-hydrogen) atoms. The quantitative estimate of drug-likeness (QED) is 0.0911. The van der Waals surface area contributed by atoms with Crippen LogP contribution in [0.3, 0.4) is 0 Å². The first-order valence-corrected chi connectivity index (χ1v) is 15.1. The summed E-state index contributed by atoms with van der Waals surface area (Å²) in [5, 5.41) is 10.6. The van der Waals surface area contributed by atoms with Crippen LogP contribution in [0, 0.1) is 0 Å². The Morgan fingerprint density at radius 1 is 0.605 bits per heavy atom. The van der Waals surface area contributed by atoms with E-state index in [1.807, 2.05) is 6.07 Å². The lowest BCUT2D eigenvalue weighted by molar-refractivity contribution is -0.116. The largest absolute Gasteiger partial charge is 0.326 e. The monoisotopic (exact) mass is 507 g/mol. The third kappa shape index (κ3) is 8.18. The Morgan fingerprint density at radius 2 is 1.18 bits per heavy atom. The molecule has 0 aliphatic rings. The van der Waals surface area contributed by atoms with Crippen molar-refractivity contribution in [3.05, 3.63) is 78.9 Å². The summed E-state index contributed by atoms with van der Waals surface area (Å²) >= 11 is 0. The van der Waals surface area contributed by atoms with Crippen molar-refractivity contribution in [2.45, 2.75) is 96.8 Å². The van der Waals surface area contributed by atoms with E-state index in [0.717, 1.165) is 23.9 Å². The van der Waals surface area contributed by atoms with Gasteiger partial charge in [-0.25, -0.2) is 0 Å². The van der Waals surface area contributed by atoms with Crippen molar-refractivity contribution in [2.75, 3.05) is 5.32 Å². The van der Waals surface area contributed by atoms with Crippen LogP contribution in [0.15, 0.2) is 78.9 Å². The van der Waals surface area contributed by atoms with Crippen LogP contribution in [-0.2, 0) is 4.79 Å². The number of amides is 1. The molecule has 0 atom stereocenters. The van der Waals surface area contributed by atoms with Crippen molar-refractivity contribution < 1.29 is 4.79 Å². The van der Waals surface area contributed by atoms with Gasteiger partial charge in [0.25, 0.3) is 0 Å². The normalized spacial score (nSPS) is 11.7. The smallest absolute Gasteiger partial charge is 0.224 e. The Balaban J connectivity index is 1.13. The highest BCUT2D eigenvalue weighted by atomic mass is 16.1. The van der Waals surface area contributed by atoms with Crippen LogP contribution >= 0.6 is 0 Å². The molecule has 0 fully saturated rings. The fourth-order valence-electron chi connectivity index (χ4n) is 5.49. The number of hydrogen-bond donors (Lipinski definition) is 1. The molecule has 4 rings (SSSR count). The maximum Gasteiger partial charge on any atom is 0.224 e. The first kappa shape index (κ1) is 27.9. The van der Waals surface area contributed by atoms with Gasteiger partial charge in [0.15, 0.2) is 0 Å². The van der Waals surface area contributed by atoms with Gasteiger partial charge in [-0.3, -0.25) is 4.79 Å². The van der Waals surface area contributed by atoms with E-state index >= 15 is 0 Å². The minimum atomic E-state index is 0.119. The molecule has 0 aliphatic heterocycles. The van der Waals surface area contributed by atoms with Crippen LogP contribution in [-0.4, -0.2) is 5.91 Å².